The SMILES string of the molecule is CCC(C)NC(=O)COc1ccc(C(=O)O)cc1OC. The van der Waals surface area contributed by atoms with Crippen LogP contribution in [0.5, 0.6) is 11.5 Å². The fourth-order valence-electron chi connectivity index (χ4n) is 1.48. The summed E-state index contributed by atoms with van der Waals surface area (Å²) in [5, 5.41) is 11.6. The van der Waals surface area contributed by atoms with E-state index in [1.807, 2.05) is 13.8 Å². The molecule has 1 aromatic carbocycles. The Labute approximate surface area is 117 Å². The van der Waals surface area contributed by atoms with Gasteiger partial charge in [0.2, 0.25) is 0 Å². The quantitative estimate of drug-likeness (QED) is 0.794. The number of carbonyl (C=O) groups excluding carboxylic acids is 1. The Morgan fingerprint density at radius 1 is 1.35 bits per heavy atom. The summed E-state index contributed by atoms with van der Waals surface area (Å²) in [6.07, 6.45) is 0.836. The number of ether oxygens (including phenoxy) is 2. The standard InChI is InChI=1S/C14H19NO5/c1-4-9(2)15-13(16)8-20-11-6-5-10(14(17)18)7-12(11)19-3/h5-7,9H,4,8H2,1-3H3,(H,15,16)(H,17,18). The summed E-state index contributed by atoms with van der Waals surface area (Å²) in [6.45, 7) is 3.73. The van der Waals surface area contributed by atoms with Gasteiger partial charge in [0, 0.05) is 6.04 Å². The monoisotopic (exact) mass is 281 g/mol. The molecule has 1 aromatic rings. The summed E-state index contributed by atoms with van der Waals surface area (Å²) < 4.78 is 10.4. The zero-order valence-electron chi connectivity index (χ0n) is 11.8. The van der Waals surface area contributed by atoms with Crippen LogP contribution in [-0.2, 0) is 4.79 Å². The van der Waals surface area contributed by atoms with E-state index in [0.29, 0.717) is 5.75 Å². The van der Waals surface area contributed by atoms with Crippen molar-refractivity contribution in [2.75, 3.05) is 13.7 Å². The van der Waals surface area contributed by atoms with E-state index < -0.39 is 5.97 Å². The number of amides is 1. The molecule has 1 rings (SSSR count). The number of nitrogens with one attached hydrogen (secondary N) is 1. The Kier molecular flexibility index (Phi) is 5.83. The number of rotatable bonds is 7. The Morgan fingerprint density at radius 3 is 2.60 bits per heavy atom. The highest BCUT2D eigenvalue weighted by Gasteiger charge is 2.12. The summed E-state index contributed by atoms with van der Waals surface area (Å²) in [5.41, 5.74) is 0.0956. The van der Waals surface area contributed by atoms with E-state index in [2.05, 4.69) is 5.32 Å². The molecular formula is C14H19NO5. The van der Waals surface area contributed by atoms with Crippen LogP contribution in [0.25, 0.3) is 0 Å². The summed E-state index contributed by atoms with van der Waals surface area (Å²) in [4.78, 5) is 22.4. The third kappa shape index (κ3) is 4.46. The van der Waals surface area contributed by atoms with Gasteiger partial charge in [0.15, 0.2) is 18.1 Å². The lowest BCUT2D eigenvalue weighted by Gasteiger charge is -2.13. The van der Waals surface area contributed by atoms with E-state index in [1.165, 1.54) is 25.3 Å². The molecule has 0 saturated heterocycles. The van der Waals surface area contributed by atoms with Crippen molar-refractivity contribution in [3.05, 3.63) is 23.8 Å². The smallest absolute Gasteiger partial charge is 0.335 e. The third-order valence-corrected chi connectivity index (χ3v) is 2.79. The maximum Gasteiger partial charge on any atom is 0.335 e. The Morgan fingerprint density at radius 2 is 2.05 bits per heavy atom. The first-order valence-electron chi connectivity index (χ1n) is 6.31. The fourth-order valence-corrected chi connectivity index (χ4v) is 1.48. The molecule has 0 aromatic heterocycles. The molecule has 6 nitrogen and oxygen atoms in total. The van der Waals surface area contributed by atoms with Crippen LogP contribution >= 0.6 is 0 Å². The molecule has 1 unspecified atom stereocenters. The molecule has 0 bridgehead atoms. The Balaban J connectivity index is 2.68. The molecular weight excluding hydrogens is 262 g/mol. The van der Waals surface area contributed by atoms with Crippen LogP contribution in [0.1, 0.15) is 30.6 Å². The second-order valence-corrected chi connectivity index (χ2v) is 4.34. The molecule has 0 aliphatic heterocycles. The van der Waals surface area contributed by atoms with Gasteiger partial charge in [-0.1, -0.05) is 6.92 Å². The summed E-state index contributed by atoms with van der Waals surface area (Å²) >= 11 is 0. The normalized spacial score (nSPS) is 11.6. The highest BCUT2D eigenvalue weighted by Crippen LogP contribution is 2.27. The zero-order valence-corrected chi connectivity index (χ0v) is 11.8. The highest BCUT2D eigenvalue weighted by molar-refractivity contribution is 5.88. The molecule has 0 heterocycles. The van der Waals surface area contributed by atoms with Gasteiger partial charge < -0.3 is 19.9 Å². The van der Waals surface area contributed by atoms with Gasteiger partial charge in [-0.15, -0.1) is 0 Å². The van der Waals surface area contributed by atoms with Crippen molar-refractivity contribution in [2.45, 2.75) is 26.3 Å². The Hall–Kier alpha value is -2.24. The minimum atomic E-state index is -1.05. The molecule has 1 atom stereocenters. The van der Waals surface area contributed by atoms with Gasteiger partial charge >= 0.3 is 5.97 Å². The van der Waals surface area contributed by atoms with Crippen LogP contribution in [0.4, 0.5) is 0 Å². The maximum absolute atomic E-state index is 11.6. The van der Waals surface area contributed by atoms with E-state index in [9.17, 15) is 9.59 Å². The average Bonchev–Trinajstić information content (AvgIpc) is 2.44. The number of benzene rings is 1. The first-order chi connectivity index (χ1) is 9.47. The van der Waals surface area contributed by atoms with Crippen LogP contribution in [0.2, 0.25) is 0 Å². The van der Waals surface area contributed by atoms with Crippen molar-refractivity contribution >= 4 is 11.9 Å². The lowest BCUT2D eigenvalue weighted by atomic mass is 10.2. The minimum absolute atomic E-state index is 0.0855. The molecule has 0 radical (unpaired) electrons. The number of carboxylic acids is 1. The van der Waals surface area contributed by atoms with Crippen LogP contribution < -0.4 is 14.8 Å². The number of carboxylic acid groups (broad SMARTS) is 1. The molecule has 1 amide bonds. The van der Waals surface area contributed by atoms with E-state index in [0.717, 1.165) is 6.42 Å². The Bertz CT molecular complexity index is 486. The number of hydrogen-bond acceptors (Lipinski definition) is 4. The number of hydrogen-bond donors (Lipinski definition) is 2. The maximum atomic E-state index is 11.6. The van der Waals surface area contributed by atoms with E-state index in [-0.39, 0.29) is 29.9 Å². The molecule has 0 aliphatic rings. The van der Waals surface area contributed by atoms with Crippen molar-refractivity contribution < 1.29 is 24.2 Å². The predicted molar refractivity (Wildman–Crippen MR) is 73.3 cm³/mol. The van der Waals surface area contributed by atoms with Gasteiger partial charge in [0.25, 0.3) is 5.91 Å². The van der Waals surface area contributed by atoms with Crippen LogP contribution in [0.15, 0.2) is 18.2 Å². The topological polar surface area (TPSA) is 84.9 Å². The largest absolute Gasteiger partial charge is 0.493 e. The summed E-state index contributed by atoms with van der Waals surface area (Å²) in [5.74, 6) is -0.675. The molecule has 0 fully saturated rings. The van der Waals surface area contributed by atoms with Gasteiger partial charge in [-0.25, -0.2) is 4.79 Å². The van der Waals surface area contributed by atoms with Gasteiger partial charge in [0.05, 0.1) is 12.7 Å². The number of methoxy groups -OCH3 is 1. The van der Waals surface area contributed by atoms with E-state index in [4.69, 9.17) is 14.6 Å². The first-order valence-corrected chi connectivity index (χ1v) is 6.31. The van der Waals surface area contributed by atoms with Crippen molar-refractivity contribution in [1.82, 2.24) is 5.32 Å². The van der Waals surface area contributed by atoms with E-state index in [1.54, 1.807) is 0 Å². The van der Waals surface area contributed by atoms with Crippen LogP contribution in [-0.4, -0.2) is 36.7 Å². The van der Waals surface area contributed by atoms with Crippen molar-refractivity contribution in [2.24, 2.45) is 0 Å². The van der Waals surface area contributed by atoms with Crippen molar-refractivity contribution in [3.8, 4) is 11.5 Å². The van der Waals surface area contributed by atoms with Gasteiger partial charge in [-0.3, -0.25) is 4.79 Å². The molecule has 20 heavy (non-hydrogen) atoms. The summed E-state index contributed by atoms with van der Waals surface area (Å²) in [6, 6.07) is 4.30. The van der Waals surface area contributed by atoms with Gasteiger partial charge in [-0.2, -0.15) is 0 Å². The number of carbonyl (C=O) groups is 2. The van der Waals surface area contributed by atoms with Gasteiger partial charge in [0.1, 0.15) is 0 Å². The van der Waals surface area contributed by atoms with Crippen molar-refractivity contribution in [1.29, 1.82) is 0 Å². The van der Waals surface area contributed by atoms with Crippen LogP contribution in [0.3, 0.4) is 0 Å². The van der Waals surface area contributed by atoms with Crippen LogP contribution in [0, 0.1) is 0 Å². The third-order valence-electron chi connectivity index (χ3n) is 2.79. The second-order valence-electron chi connectivity index (χ2n) is 4.34. The number of aromatic carboxylic acids is 1. The molecule has 110 valence electrons. The van der Waals surface area contributed by atoms with E-state index >= 15 is 0 Å². The molecule has 0 spiro atoms. The zero-order chi connectivity index (χ0) is 15.1. The average molecular weight is 281 g/mol. The molecule has 6 heteroatoms. The molecule has 0 saturated carbocycles. The minimum Gasteiger partial charge on any atom is -0.493 e. The highest BCUT2D eigenvalue weighted by atomic mass is 16.5. The fraction of sp³-hybridized carbons (Fsp3) is 0.429. The lowest BCUT2D eigenvalue weighted by Crippen LogP contribution is -2.35. The second kappa shape index (κ2) is 7.37. The molecule has 0 aliphatic carbocycles. The first kappa shape index (κ1) is 15.8. The lowest BCUT2D eigenvalue weighted by molar-refractivity contribution is -0.123. The predicted octanol–water partition coefficient (Wildman–Crippen LogP) is 1.69. The van der Waals surface area contributed by atoms with Crippen molar-refractivity contribution in [3.63, 3.8) is 0 Å². The summed E-state index contributed by atoms with van der Waals surface area (Å²) in [7, 11) is 1.41. The molecule has 2 N–H and O–H groups in total. The van der Waals surface area contributed by atoms with Gasteiger partial charge in [-0.05, 0) is 31.5 Å².